The van der Waals surface area contributed by atoms with Gasteiger partial charge in [0.05, 0.1) is 34.6 Å². The second-order valence-corrected chi connectivity index (χ2v) is 11.5. The molecule has 0 fully saturated rings. The first-order valence-electron chi connectivity index (χ1n) is 15.5. The highest BCUT2D eigenvalue weighted by Gasteiger charge is 2.24. The van der Waals surface area contributed by atoms with E-state index in [2.05, 4.69) is 31.1 Å². The van der Waals surface area contributed by atoms with Crippen molar-refractivity contribution in [2.75, 3.05) is 23.8 Å². The normalized spacial score (nSPS) is 12.4. The Bertz CT molecular complexity index is 1780. The van der Waals surface area contributed by atoms with E-state index in [-0.39, 0.29) is 10.0 Å². The number of ketones is 2. The van der Waals surface area contributed by atoms with Crippen molar-refractivity contribution in [3.05, 3.63) is 95.0 Å². The molecule has 0 heterocycles. The smallest absolute Gasteiger partial charge is 0.258 e. The molecule has 0 radical (unpaired) electrons. The van der Waals surface area contributed by atoms with E-state index in [1.165, 1.54) is 26.0 Å². The Labute approximate surface area is 298 Å². The topological polar surface area (TPSA) is 160 Å². The molecule has 50 heavy (non-hydrogen) atoms. The summed E-state index contributed by atoms with van der Waals surface area (Å²) in [7, 11) is 0. The molecule has 4 rings (SSSR count). The van der Waals surface area contributed by atoms with Crippen LogP contribution in [0.25, 0.3) is 11.1 Å². The SMILES string of the molecule is CCOc1ccc(NC(=O)C(N=Nc2ccc(-c3ccc(N=NC(C(C)=O)C(=O)Nc4ccc(OCC)cc4)cc3Cl)c(Cl)c2)C(C)=O)cc1. The minimum atomic E-state index is -1.38. The van der Waals surface area contributed by atoms with Gasteiger partial charge in [-0.05, 0) is 100 Å². The molecule has 258 valence electrons. The van der Waals surface area contributed by atoms with E-state index in [4.69, 9.17) is 32.7 Å². The molecule has 2 N–H and O–H groups in total. The highest BCUT2D eigenvalue weighted by atomic mass is 35.5. The van der Waals surface area contributed by atoms with E-state index in [9.17, 15) is 19.2 Å². The van der Waals surface area contributed by atoms with Gasteiger partial charge in [0.1, 0.15) is 11.5 Å². The summed E-state index contributed by atoms with van der Waals surface area (Å²) < 4.78 is 10.8. The van der Waals surface area contributed by atoms with E-state index < -0.39 is 35.5 Å². The van der Waals surface area contributed by atoms with Crippen LogP contribution in [0.3, 0.4) is 0 Å². The second kappa shape index (κ2) is 17.8. The lowest BCUT2D eigenvalue weighted by molar-refractivity contribution is -0.127. The van der Waals surface area contributed by atoms with Crippen LogP contribution >= 0.6 is 23.2 Å². The van der Waals surface area contributed by atoms with Crippen molar-refractivity contribution in [1.82, 2.24) is 0 Å². The molecule has 0 aromatic heterocycles. The maximum Gasteiger partial charge on any atom is 0.258 e. The van der Waals surface area contributed by atoms with Crippen LogP contribution < -0.4 is 20.1 Å². The van der Waals surface area contributed by atoms with Crippen LogP contribution in [0.2, 0.25) is 10.0 Å². The molecule has 2 amide bonds. The van der Waals surface area contributed by atoms with Gasteiger partial charge in [-0.1, -0.05) is 35.3 Å². The maximum atomic E-state index is 12.8. The summed E-state index contributed by atoms with van der Waals surface area (Å²) in [5.74, 6) is -0.964. The average molecular weight is 718 g/mol. The van der Waals surface area contributed by atoms with Crippen LogP contribution in [0, 0.1) is 0 Å². The molecule has 4 aromatic rings. The van der Waals surface area contributed by atoms with Gasteiger partial charge in [0.2, 0.25) is 12.1 Å². The van der Waals surface area contributed by atoms with Crippen LogP contribution in [-0.4, -0.2) is 48.7 Å². The van der Waals surface area contributed by atoms with Crippen molar-refractivity contribution in [3.63, 3.8) is 0 Å². The zero-order valence-corrected chi connectivity index (χ0v) is 29.2. The third-order valence-electron chi connectivity index (χ3n) is 6.91. The van der Waals surface area contributed by atoms with Gasteiger partial charge in [-0.2, -0.15) is 20.5 Å². The lowest BCUT2D eigenvalue weighted by Gasteiger charge is -2.11. The van der Waals surface area contributed by atoms with Gasteiger partial charge in [-0.15, -0.1) is 0 Å². The van der Waals surface area contributed by atoms with Crippen molar-refractivity contribution in [2.45, 2.75) is 39.8 Å². The summed E-state index contributed by atoms with van der Waals surface area (Å²) in [5.41, 5.74) is 2.68. The number of anilines is 2. The number of nitrogens with zero attached hydrogens (tertiary/aromatic N) is 4. The number of rotatable bonds is 15. The van der Waals surface area contributed by atoms with Crippen LogP contribution in [-0.2, 0) is 19.2 Å². The van der Waals surface area contributed by atoms with Gasteiger partial charge in [0.25, 0.3) is 11.8 Å². The molecule has 2 atom stereocenters. The molecule has 0 aliphatic heterocycles. The van der Waals surface area contributed by atoms with Crippen LogP contribution in [0.1, 0.15) is 27.7 Å². The summed E-state index contributed by atoms with van der Waals surface area (Å²) in [5, 5.41) is 22.0. The molecular weight excluding hydrogens is 683 g/mol. The van der Waals surface area contributed by atoms with Crippen LogP contribution in [0.5, 0.6) is 11.5 Å². The van der Waals surface area contributed by atoms with Crippen molar-refractivity contribution in [3.8, 4) is 22.6 Å². The molecule has 0 saturated heterocycles. The van der Waals surface area contributed by atoms with Crippen molar-refractivity contribution < 1.29 is 28.7 Å². The fourth-order valence-electron chi connectivity index (χ4n) is 4.48. The predicted octanol–water partition coefficient (Wildman–Crippen LogP) is 8.82. The molecule has 12 nitrogen and oxygen atoms in total. The number of Topliss-reactive ketones (excluding diaryl/α,β-unsaturated/α-hetero) is 2. The Morgan fingerprint density at radius 1 is 0.600 bits per heavy atom. The molecule has 0 spiro atoms. The monoisotopic (exact) mass is 716 g/mol. The van der Waals surface area contributed by atoms with Crippen molar-refractivity contribution in [1.29, 1.82) is 0 Å². The number of carbonyl (C=O) groups is 4. The Balaban J connectivity index is 1.43. The summed E-state index contributed by atoms with van der Waals surface area (Å²) >= 11 is 13.1. The Morgan fingerprint density at radius 3 is 1.26 bits per heavy atom. The third-order valence-corrected chi connectivity index (χ3v) is 7.53. The highest BCUT2D eigenvalue weighted by Crippen LogP contribution is 2.37. The molecule has 0 saturated carbocycles. The standard InChI is InChI=1S/C36H34Cl2N6O6/c1-5-49-27-13-7-23(8-14-27)39-35(47)33(21(3)45)43-41-25-11-17-29(31(37)19-25)30-18-12-26(20-32(30)38)42-44-34(22(4)46)36(48)40-24-9-15-28(16-10-24)50-6-2/h7-20,33-34H,5-6H2,1-4H3,(H,39,47)(H,40,48). The van der Waals surface area contributed by atoms with Gasteiger partial charge in [-0.3, -0.25) is 19.2 Å². The van der Waals surface area contributed by atoms with Gasteiger partial charge >= 0.3 is 0 Å². The zero-order chi connectivity index (χ0) is 36.2. The second-order valence-electron chi connectivity index (χ2n) is 10.7. The Morgan fingerprint density at radius 2 is 0.960 bits per heavy atom. The largest absolute Gasteiger partial charge is 0.494 e. The summed E-state index contributed by atoms with van der Waals surface area (Å²) in [6.45, 7) is 7.25. The molecule has 2 unspecified atom stereocenters. The van der Waals surface area contributed by atoms with E-state index >= 15 is 0 Å². The molecule has 4 aromatic carbocycles. The van der Waals surface area contributed by atoms with Crippen molar-refractivity contribution >= 4 is 69.3 Å². The quantitative estimate of drug-likeness (QED) is 0.0923. The first-order valence-corrected chi connectivity index (χ1v) is 16.2. The Kier molecular flexibility index (Phi) is 13.3. The number of hydrogen-bond donors (Lipinski definition) is 2. The average Bonchev–Trinajstić information content (AvgIpc) is 3.07. The fraction of sp³-hybridized carbons (Fsp3) is 0.222. The predicted molar refractivity (Wildman–Crippen MR) is 192 cm³/mol. The number of carbonyl (C=O) groups excluding carboxylic acids is 4. The number of hydrogen-bond acceptors (Lipinski definition) is 10. The van der Waals surface area contributed by atoms with Crippen LogP contribution in [0.15, 0.2) is 105 Å². The van der Waals surface area contributed by atoms with E-state index in [0.29, 0.717) is 58.6 Å². The number of azo groups is 2. The lowest BCUT2D eigenvalue weighted by Crippen LogP contribution is -2.31. The first-order chi connectivity index (χ1) is 24.0. The van der Waals surface area contributed by atoms with Crippen molar-refractivity contribution in [2.24, 2.45) is 20.5 Å². The minimum Gasteiger partial charge on any atom is -0.494 e. The zero-order valence-electron chi connectivity index (χ0n) is 27.6. The minimum absolute atomic E-state index is 0.276. The molecule has 0 aliphatic rings. The first kappa shape index (κ1) is 37.4. The van der Waals surface area contributed by atoms with Crippen LogP contribution in [0.4, 0.5) is 22.7 Å². The molecule has 0 bridgehead atoms. The third kappa shape index (κ3) is 10.3. The van der Waals surface area contributed by atoms with Gasteiger partial charge < -0.3 is 20.1 Å². The van der Waals surface area contributed by atoms with Gasteiger partial charge in [0.15, 0.2) is 11.6 Å². The molecule has 14 heteroatoms. The van der Waals surface area contributed by atoms with Gasteiger partial charge in [-0.25, -0.2) is 0 Å². The van der Waals surface area contributed by atoms with E-state index in [1.54, 1.807) is 72.8 Å². The maximum absolute atomic E-state index is 12.8. The fourth-order valence-corrected chi connectivity index (χ4v) is 5.03. The molecule has 0 aliphatic carbocycles. The number of benzene rings is 4. The van der Waals surface area contributed by atoms with E-state index in [1.807, 2.05) is 13.8 Å². The number of ether oxygens (including phenoxy) is 2. The lowest BCUT2D eigenvalue weighted by atomic mass is 10.0. The number of nitrogens with one attached hydrogen (secondary N) is 2. The number of halogens is 2. The highest BCUT2D eigenvalue weighted by molar-refractivity contribution is 6.36. The van der Waals surface area contributed by atoms with E-state index in [0.717, 1.165) is 0 Å². The molecular formula is C36H34Cl2N6O6. The summed E-state index contributed by atoms with van der Waals surface area (Å²) in [4.78, 5) is 50.1. The summed E-state index contributed by atoms with van der Waals surface area (Å²) in [6, 6.07) is 20.3. The Hall–Kier alpha value is -5.46. The number of amides is 2. The summed E-state index contributed by atoms with van der Waals surface area (Å²) in [6.07, 6.45) is 0. The van der Waals surface area contributed by atoms with Gasteiger partial charge in [0, 0.05) is 22.5 Å².